The van der Waals surface area contributed by atoms with E-state index in [0.29, 0.717) is 343 Å². The van der Waals surface area contributed by atoms with Crippen LogP contribution in [-0.2, 0) is 123 Å². The summed E-state index contributed by atoms with van der Waals surface area (Å²) in [4.78, 5) is 13.5. The molecule has 85 heavy (non-hydrogen) atoms. The van der Waals surface area contributed by atoms with Gasteiger partial charge in [-0.05, 0) is 25.3 Å². The summed E-state index contributed by atoms with van der Waals surface area (Å²) in [6.45, 7) is 26.5. The summed E-state index contributed by atoms with van der Waals surface area (Å²) in [6, 6.07) is 0. The molecular weight excluding hydrogens is 1130 g/mol. The molecule has 0 fully saturated rings. The maximum Gasteiger partial charge on any atom is 0.132 e. The molecular formula is C56H111N3O26. The van der Waals surface area contributed by atoms with Crippen LogP contribution in [0, 0.1) is 0 Å². The summed E-state index contributed by atoms with van der Waals surface area (Å²) in [6.07, 6.45) is 2.12. The third-order valence-electron chi connectivity index (χ3n) is 10.4. The lowest BCUT2D eigenvalue weighted by Crippen LogP contribution is -2.16. The summed E-state index contributed by atoms with van der Waals surface area (Å²) < 4.78 is 137. The number of hydrogen-bond donors (Lipinski definition) is 0. The Hall–Kier alpha value is -2.02. The van der Waals surface area contributed by atoms with Gasteiger partial charge in [-0.3, -0.25) is 4.79 Å². The summed E-state index contributed by atoms with van der Waals surface area (Å²) in [5.41, 5.74) is 8.21. The Bertz CT molecular complexity index is 1220. The third kappa shape index (κ3) is 82.0. The SMILES string of the molecule is CC(=O)CCOCCOCCOCCOCCOCCOCCOCCOCCOCCOCCOCCOCCOCCOCCOCCOCCOCCOCCOCCOCCOCCOCCOCCOCCOCCCCN=[N+]=[N-]. The first-order valence-corrected chi connectivity index (χ1v) is 30.2. The number of Topliss-reactive ketones (excluding diaryl/α,β-unsaturated/α-hetero) is 1. The van der Waals surface area contributed by atoms with Gasteiger partial charge in [0.15, 0.2) is 0 Å². The number of carbonyl (C=O) groups is 1. The largest absolute Gasteiger partial charge is 0.379 e. The van der Waals surface area contributed by atoms with Crippen LogP contribution >= 0.6 is 0 Å². The van der Waals surface area contributed by atoms with Crippen LogP contribution in [0.1, 0.15) is 26.2 Å². The summed E-state index contributed by atoms with van der Waals surface area (Å²) in [5.74, 6) is 0.120. The molecule has 0 bridgehead atoms. The van der Waals surface area contributed by atoms with E-state index in [9.17, 15) is 4.79 Å². The monoisotopic (exact) mass is 1240 g/mol. The first kappa shape index (κ1) is 83.0. The molecule has 0 heterocycles. The van der Waals surface area contributed by atoms with Crippen molar-refractivity contribution in [3.63, 3.8) is 0 Å². The minimum absolute atomic E-state index is 0.120. The molecule has 0 aliphatic heterocycles. The van der Waals surface area contributed by atoms with Crippen molar-refractivity contribution in [2.24, 2.45) is 5.11 Å². The van der Waals surface area contributed by atoms with Gasteiger partial charge in [0.1, 0.15) is 5.78 Å². The Kier molecular flexibility index (Phi) is 78.1. The lowest BCUT2D eigenvalue weighted by Gasteiger charge is -2.09. The number of nitrogens with zero attached hydrogens (tertiary/aromatic N) is 3. The number of rotatable bonds is 80. The Balaban J connectivity index is 3.09. The number of unbranched alkanes of at least 4 members (excludes halogenated alkanes) is 1. The first-order valence-electron chi connectivity index (χ1n) is 30.2. The van der Waals surface area contributed by atoms with Crippen LogP contribution in [0.3, 0.4) is 0 Å². The van der Waals surface area contributed by atoms with Crippen LogP contribution in [0.15, 0.2) is 5.11 Å². The molecule has 0 saturated carbocycles. The van der Waals surface area contributed by atoms with E-state index in [1.165, 1.54) is 0 Å². The molecule has 0 amide bonds. The molecule has 0 aliphatic carbocycles. The molecule has 0 N–H and O–H groups in total. The molecule has 506 valence electrons. The quantitative estimate of drug-likeness (QED) is 0.0366. The van der Waals surface area contributed by atoms with Crippen molar-refractivity contribution < 1.29 is 123 Å². The van der Waals surface area contributed by atoms with E-state index in [-0.39, 0.29) is 5.78 Å². The van der Waals surface area contributed by atoms with Crippen molar-refractivity contribution in [3.8, 4) is 0 Å². The molecule has 0 spiro atoms. The van der Waals surface area contributed by atoms with Crippen LogP contribution in [0.2, 0.25) is 0 Å². The van der Waals surface area contributed by atoms with Gasteiger partial charge < -0.3 is 118 Å². The predicted molar refractivity (Wildman–Crippen MR) is 309 cm³/mol. The van der Waals surface area contributed by atoms with Gasteiger partial charge in [-0.15, -0.1) is 0 Å². The van der Waals surface area contributed by atoms with Gasteiger partial charge in [-0.1, -0.05) is 5.11 Å². The summed E-state index contributed by atoms with van der Waals surface area (Å²) >= 11 is 0. The van der Waals surface area contributed by atoms with E-state index in [1.807, 2.05) is 0 Å². The topological polar surface area (TPSA) is 297 Å². The van der Waals surface area contributed by atoms with Gasteiger partial charge in [0, 0.05) is 24.5 Å². The lowest BCUT2D eigenvalue weighted by atomic mass is 10.3. The molecule has 0 aromatic rings. The molecule has 29 heteroatoms. The highest BCUT2D eigenvalue weighted by atomic mass is 16.6. The molecule has 0 aromatic carbocycles. The molecule has 0 saturated heterocycles. The zero-order valence-electron chi connectivity index (χ0n) is 51.6. The Labute approximate surface area is 506 Å². The van der Waals surface area contributed by atoms with Crippen LogP contribution in [0.4, 0.5) is 0 Å². The molecule has 0 aromatic heterocycles. The number of hydrogen-bond acceptors (Lipinski definition) is 27. The third-order valence-corrected chi connectivity index (χ3v) is 10.4. The predicted octanol–water partition coefficient (Wildman–Crippen LogP) is 2.47. The van der Waals surface area contributed by atoms with Gasteiger partial charge in [-0.2, -0.15) is 0 Å². The fraction of sp³-hybridized carbons (Fsp3) is 0.982. The minimum Gasteiger partial charge on any atom is -0.379 e. The van der Waals surface area contributed by atoms with E-state index in [0.717, 1.165) is 12.8 Å². The lowest BCUT2D eigenvalue weighted by molar-refractivity contribution is -0.118. The fourth-order valence-corrected chi connectivity index (χ4v) is 6.03. The zero-order chi connectivity index (χ0) is 60.9. The van der Waals surface area contributed by atoms with Crippen LogP contribution in [0.5, 0.6) is 0 Å². The van der Waals surface area contributed by atoms with Gasteiger partial charge in [-0.25, -0.2) is 0 Å². The fourth-order valence-electron chi connectivity index (χ4n) is 6.03. The highest BCUT2D eigenvalue weighted by Gasteiger charge is 2.01. The second kappa shape index (κ2) is 80.0. The van der Waals surface area contributed by atoms with Crippen molar-refractivity contribution >= 4 is 5.78 Å². The van der Waals surface area contributed by atoms with Crippen molar-refractivity contribution in [3.05, 3.63) is 10.4 Å². The van der Waals surface area contributed by atoms with Gasteiger partial charge in [0.2, 0.25) is 0 Å². The van der Waals surface area contributed by atoms with Crippen molar-refractivity contribution in [1.82, 2.24) is 0 Å². The Morgan fingerprint density at radius 1 is 0.224 bits per heavy atom. The van der Waals surface area contributed by atoms with Gasteiger partial charge in [0.25, 0.3) is 0 Å². The zero-order valence-corrected chi connectivity index (χ0v) is 51.6. The number of ketones is 1. The average Bonchev–Trinajstić information content (AvgIpc) is 3.50. The van der Waals surface area contributed by atoms with E-state index < -0.39 is 0 Å². The second-order valence-electron chi connectivity index (χ2n) is 17.4. The van der Waals surface area contributed by atoms with Crippen LogP contribution < -0.4 is 0 Å². The highest BCUT2D eigenvalue weighted by Crippen LogP contribution is 1.94. The van der Waals surface area contributed by atoms with E-state index in [4.69, 9.17) is 124 Å². The van der Waals surface area contributed by atoms with E-state index >= 15 is 0 Å². The number of carbonyl (C=O) groups excluding carboxylic acids is 1. The van der Waals surface area contributed by atoms with E-state index in [1.54, 1.807) is 6.92 Å². The second-order valence-corrected chi connectivity index (χ2v) is 17.4. The molecule has 0 radical (unpaired) electrons. The average molecular weight is 1240 g/mol. The van der Waals surface area contributed by atoms with Crippen LogP contribution in [-0.4, -0.2) is 343 Å². The summed E-state index contributed by atoms with van der Waals surface area (Å²) in [7, 11) is 0. The van der Waals surface area contributed by atoms with Crippen molar-refractivity contribution in [2.45, 2.75) is 26.2 Å². The molecule has 29 nitrogen and oxygen atoms in total. The van der Waals surface area contributed by atoms with Crippen LogP contribution in [0.25, 0.3) is 10.4 Å². The standard InChI is InChI=1S/C56H111N3O26/c1-56(60)4-7-62-9-11-64-13-15-66-17-19-68-21-23-70-25-27-72-29-31-74-33-35-76-37-39-78-41-43-80-45-47-82-49-51-84-53-55-85-54-52-83-50-48-81-46-44-79-42-40-77-38-36-75-34-32-73-30-28-71-26-24-69-22-20-67-18-16-65-14-12-63-10-8-61-6-3-2-5-58-59-57/h2-55H2,1H3. The number of ether oxygens (including phenoxy) is 25. The smallest absolute Gasteiger partial charge is 0.132 e. The molecule has 0 atom stereocenters. The number of azide groups is 1. The normalized spacial score (nSPS) is 11.6. The maximum atomic E-state index is 10.8. The molecule has 0 rings (SSSR count). The summed E-state index contributed by atoms with van der Waals surface area (Å²) in [5, 5.41) is 3.48. The molecule has 0 aliphatic rings. The Morgan fingerprint density at radius 3 is 0.482 bits per heavy atom. The van der Waals surface area contributed by atoms with Gasteiger partial charge >= 0.3 is 0 Å². The van der Waals surface area contributed by atoms with Gasteiger partial charge in [0.05, 0.1) is 324 Å². The first-order chi connectivity index (χ1) is 42.3. The maximum absolute atomic E-state index is 10.8. The van der Waals surface area contributed by atoms with Crippen molar-refractivity contribution in [2.75, 3.05) is 337 Å². The minimum atomic E-state index is 0.120. The van der Waals surface area contributed by atoms with E-state index in [2.05, 4.69) is 10.0 Å². The molecule has 0 unspecified atom stereocenters. The Morgan fingerprint density at radius 2 is 0.353 bits per heavy atom. The van der Waals surface area contributed by atoms with Crippen molar-refractivity contribution in [1.29, 1.82) is 0 Å². The highest BCUT2D eigenvalue weighted by molar-refractivity contribution is 5.75.